The van der Waals surface area contributed by atoms with Crippen molar-refractivity contribution in [2.75, 3.05) is 0 Å². The Morgan fingerprint density at radius 2 is 2.00 bits per heavy atom. The standard InChI is InChI=1S/C14H14FN5/c15-12-3-1-10(2-4-12)14-11(8-19-20-14)7-16-9-13-17-5-6-18-13/h1-6,8,16H,7,9H2,(H,17,18)(H,19,20). The highest BCUT2D eigenvalue weighted by Crippen LogP contribution is 2.21. The van der Waals surface area contributed by atoms with Crippen LogP contribution in [0.25, 0.3) is 11.3 Å². The molecule has 0 aliphatic heterocycles. The van der Waals surface area contributed by atoms with Crippen molar-refractivity contribution in [3.63, 3.8) is 0 Å². The maximum Gasteiger partial charge on any atom is 0.123 e. The van der Waals surface area contributed by atoms with Crippen molar-refractivity contribution in [1.82, 2.24) is 25.5 Å². The maximum atomic E-state index is 12.9. The second-order valence-corrected chi connectivity index (χ2v) is 4.42. The zero-order valence-corrected chi connectivity index (χ0v) is 10.7. The minimum Gasteiger partial charge on any atom is -0.348 e. The van der Waals surface area contributed by atoms with Crippen LogP contribution < -0.4 is 5.32 Å². The van der Waals surface area contributed by atoms with Crippen LogP contribution in [-0.4, -0.2) is 20.2 Å². The van der Waals surface area contributed by atoms with Gasteiger partial charge in [0.2, 0.25) is 0 Å². The molecule has 0 saturated heterocycles. The molecule has 0 unspecified atom stereocenters. The first kappa shape index (κ1) is 12.6. The number of hydrogen-bond donors (Lipinski definition) is 3. The summed E-state index contributed by atoms with van der Waals surface area (Å²) in [4.78, 5) is 7.17. The fourth-order valence-corrected chi connectivity index (χ4v) is 2.02. The Labute approximate surface area is 115 Å². The highest BCUT2D eigenvalue weighted by Gasteiger charge is 2.07. The minimum absolute atomic E-state index is 0.245. The number of H-pyrrole nitrogens is 2. The Bertz CT molecular complexity index is 657. The Kier molecular flexibility index (Phi) is 3.56. The van der Waals surface area contributed by atoms with Crippen LogP contribution in [0.4, 0.5) is 4.39 Å². The van der Waals surface area contributed by atoms with E-state index in [-0.39, 0.29) is 5.82 Å². The molecule has 102 valence electrons. The van der Waals surface area contributed by atoms with Crippen LogP contribution in [0.1, 0.15) is 11.4 Å². The van der Waals surface area contributed by atoms with E-state index < -0.39 is 0 Å². The number of nitrogens with zero attached hydrogens (tertiary/aromatic N) is 2. The summed E-state index contributed by atoms with van der Waals surface area (Å²) in [7, 11) is 0. The van der Waals surface area contributed by atoms with Gasteiger partial charge < -0.3 is 10.3 Å². The van der Waals surface area contributed by atoms with E-state index in [1.165, 1.54) is 12.1 Å². The van der Waals surface area contributed by atoms with Crippen LogP contribution in [0.5, 0.6) is 0 Å². The molecular formula is C14H14FN5. The van der Waals surface area contributed by atoms with E-state index in [1.54, 1.807) is 30.7 Å². The molecule has 20 heavy (non-hydrogen) atoms. The van der Waals surface area contributed by atoms with Gasteiger partial charge in [-0.05, 0) is 24.3 Å². The lowest BCUT2D eigenvalue weighted by Crippen LogP contribution is -2.13. The first-order chi connectivity index (χ1) is 9.83. The van der Waals surface area contributed by atoms with Crippen LogP contribution in [0, 0.1) is 5.82 Å². The molecule has 0 amide bonds. The Morgan fingerprint density at radius 3 is 2.75 bits per heavy atom. The fourth-order valence-electron chi connectivity index (χ4n) is 2.02. The minimum atomic E-state index is -0.245. The molecule has 0 atom stereocenters. The molecule has 6 heteroatoms. The van der Waals surface area contributed by atoms with Crippen molar-refractivity contribution in [1.29, 1.82) is 0 Å². The third kappa shape index (κ3) is 2.75. The molecule has 2 heterocycles. The van der Waals surface area contributed by atoms with Crippen LogP contribution in [0.3, 0.4) is 0 Å². The van der Waals surface area contributed by atoms with Gasteiger partial charge in [-0.2, -0.15) is 5.10 Å². The summed E-state index contributed by atoms with van der Waals surface area (Å²) in [6, 6.07) is 6.35. The van der Waals surface area contributed by atoms with Crippen molar-refractivity contribution in [2.24, 2.45) is 0 Å². The second kappa shape index (κ2) is 5.66. The van der Waals surface area contributed by atoms with Gasteiger partial charge in [0.1, 0.15) is 11.6 Å². The van der Waals surface area contributed by atoms with Gasteiger partial charge in [-0.25, -0.2) is 9.37 Å². The zero-order valence-electron chi connectivity index (χ0n) is 10.7. The first-order valence-electron chi connectivity index (χ1n) is 6.30. The summed E-state index contributed by atoms with van der Waals surface area (Å²) in [6.45, 7) is 1.31. The topological polar surface area (TPSA) is 69.4 Å². The monoisotopic (exact) mass is 271 g/mol. The molecule has 0 fully saturated rings. The van der Waals surface area contributed by atoms with E-state index in [4.69, 9.17) is 0 Å². The van der Waals surface area contributed by atoms with E-state index in [0.29, 0.717) is 13.1 Å². The molecule has 3 N–H and O–H groups in total. The Balaban J connectivity index is 1.68. The Morgan fingerprint density at radius 1 is 1.15 bits per heavy atom. The molecule has 5 nitrogen and oxygen atoms in total. The molecule has 3 rings (SSSR count). The van der Waals surface area contributed by atoms with Crippen molar-refractivity contribution < 1.29 is 4.39 Å². The predicted octanol–water partition coefficient (Wildman–Crippen LogP) is 2.23. The lowest BCUT2D eigenvalue weighted by Gasteiger charge is -2.04. The molecule has 2 aromatic heterocycles. The van der Waals surface area contributed by atoms with Gasteiger partial charge in [-0.15, -0.1) is 0 Å². The number of hydrogen-bond acceptors (Lipinski definition) is 3. The summed E-state index contributed by atoms with van der Waals surface area (Å²) in [5.74, 6) is 0.641. The average molecular weight is 271 g/mol. The lowest BCUT2D eigenvalue weighted by atomic mass is 10.1. The third-order valence-corrected chi connectivity index (χ3v) is 3.01. The highest BCUT2D eigenvalue weighted by molar-refractivity contribution is 5.62. The fraction of sp³-hybridized carbons (Fsp3) is 0.143. The van der Waals surface area contributed by atoms with Crippen molar-refractivity contribution in [3.8, 4) is 11.3 Å². The molecule has 0 spiro atoms. The number of aromatic nitrogens is 4. The van der Waals surface area contributed by atoms with Gasteiger partial charge in [-0.1, -0.05) is 0 Å². The van der Waals surface area contributed by atoms with Crippen molar-refractivity contribution in [2.45, 2.75) is 13.1 Å². The smallest absolute Gasteiger partial charge is 0.123 e. The number of rotatable bonds is 5. The SMILES string of the molecule is Fc1ccc(-c2[nH]ncc2CNCc2ncc[nH]2)cc1. The number of imidazole rings is 1. The largest absolute Gasteiger partial charge is 0.348 e. The third-order valence-electron chi connectivity index (χ3n) is 3.01. The molecule has 0 radical (unpaired) electrons. The lowest BCUT2D eigenvalue weighted by molar-refractivity contribution is 0.628. The summed E-state index contributed by atoms with van der Waals surface area (Å²) >= 11 is 0. The quantitative estimate of drug-likeness (QED) is 0.666. The van der Waals surface area contributed by atoms with Gasteiger partial charge in [0.05, 0.1) is 18.4 Å². The first-order valence-corrected chi connectivity index (χ1v) is 6.30. The van der Waals surface area contributed by atoms with E-state index in [2.05, 4.69) is 25.5 Å². The molecule has 0 saturated carbocycles. The number of aromatic amines is 2. The predicted molar refractivity (Wildman–Crippen MR) is 73.1 cm³/mol. The second-order valence-electron chi connectivity index (χ2n) is 4.42. The zero-order chi connectivity index (χ0) is 13.8. The number of nitrogens with one attached hydrogen (secondary N) is 3. The van der Waals surface area contributed by atoms with E-state index >= 15 is 0 Å². The van der Waals surface area contributed by atoms with Gasteiger partial charge in [0.15, 0.2) is 0 Å². The van der Waals surface area contributed by atoms with Gasteiger partial charge in [-0.3, -0.25) is 5.10 Å². The molecule has 0 aliphatic rings. The summed E-state index contributed by atoms with van der Waals surface area (Å²) < 4.78 is 12.9. The van der Waals surface area contributed by atoms with Crippen LogP contribution in [0.15, 0.2) is 42.9 Å². The van der Waals surface area contributed by atoms with Crippen LogP contribution >= 0.6 is 0 Å². The van der Waals surface area contributed by atoms with Gasteiger partial charge >= 0.3 is 0 Å². The van der Waals surface area contributed by atoms with E-state index in [9.17, 15) is 4.39 Å². The normalized spacial score (nSPS) is 10.8. The van der Waals surface area contributed by atoms with E-state index in [0.717, 1.165) is 22.6 Å². The van der Waals surface area contributed by atoms with Gasteiger partial charge in [0, 0.05) is 30.1 Å². The van der Waals surface area contributed by atoms with E-state index in [1.807, 2.05) is 0 Å². The maximum absolute atomic E-state index is 12.9. The van der Waals surface area contributed by atoms with Gasteiger partial charge in [0.25, 0.3) is 0 Å². The van der Waals surface area contributed by atoms with Crippen molar-refractivity contribution in [3.05, 3.63) is 60.1 Å². The summed E-state index contributed by atoms with van der Waals surface area (Å²) in [5, 5.41) is 10.3. The molecular weight excluding hydrogens is 257 g/mol. The molecule has 3 aromatic rings. The number of halogens is 1. The molecule has 1 aromatic carbocycles. The number of benzene rings is 1. The van der Waals surface area contributed by atoms with Crippen LogP contribution in [0.2, 0.25) is 0 Å². The average Bonchev–Trinajstić information content (AvgIpc) is 3.11. The summed E-state index contributed by atoms with van der Waals surface area (Å²) in [5.41, 5.74) is 2.85. The van der Waals surface area contributed by atoms with Crippen molar-refractivity contribution >= 4 is 0 Å². The molecule has 0 bridgehead atoms. The summed E-state index contributed by atoms with van der Waals surface area (Å²) in [6.07, 6.45) is 5.28. The highest BCUT2D eigenvalue weighted by atomic mass is 19.1. The Hall–Kier alpha value is -2.47. The van der Waals surface area contributed by atoms with Crippen LogP contribution in [-0.2, 0) is 13.1 Å². The molecule has 0 aliphatic carbocycles.